The van der Waals surface area contributed by atoms with Gasteiger partial charge >= 0.3 is 0 Å². The molecule has 0 spiro atoms. The number of para-hydroxylation sites is 1. The molecule has 1 saturated heterocycles. The summed E-state index contributed by atoms with van der Waals surface area (Å²) in [7, 11) is 0. The van der Waals surface area contributed by atoms with Crippen LogP contribution in [0, 0.1) is 10.1 Å². The van der Waals surface area contributed by atoms with Gasteiger partial charge in [-0.15, -0.1) is 0 Å². The van der Waals surface area contributed by atoms with Crippen LogP contribution in [-0.4, -0.2) is 32.4 Å². The Morgan fingerprint density at radius 1 is 1.13 bits per heavy atom. The zero-order valence-corrected chi connectivity index (χ0v) is 22.1. The minimum Gasteiger partial charge on any atom is -0.459 e. The smallest absolute Gasteiger partial charge is 0.270 e. The van der Waals surface area contributed by atoms with Crippen LogP contribution in [-0.2, 0) is 11.2 Å². The van der Waals surface area contributed by atoms with Gasteiger partial charge in [-0.05, 0) is 54.5 Å². The van der Waals surface area contributed by atoms with Gasteiger partial charge in [-0.2, -0.15) is 0 Å². The number of aryl methyl sites for hydroxylation is 1. The minimum atomic E-state index is -0.435. The number of rotatable bonds is 9. The molecule has 2 N–H and O–H groups in total. The van der Waals surface area contributed by atoms with Crippen molar-refractivity contribution in [1.29, 1.82) is 0 Å². The van der Waals surface area contributed by atoms with E-state index in [0.29, 0.717) is 28.7 Å². The summed E-state index contributed by atoms with van der Waals surface area (Å²) in [5, 5.41) is 18.1. The molecule has 9 nitrogen and oxygen atoms in total. The Morgan fingerprint density at radius 3 is 2.72 bits per heavy atom. The molecular weight excluding hydrogens is 514 g/mol. The van der Waals surface area contributed by atoms with Gasteiger partial charge in [0.25, 0.3) is 5.69 Å². The molecule has 198 valence electrons. The molecule has 1 amide bonds. The van der Waals surface area contributed by atoms with Gasteiger partial charge in [-0.25, -0.2) is 0 Å². The van der Waals surface area contributed by atoms with Crippen molar-refractivity contribution in [3.05, 3.63) is 112 Å². The molecule has 0 aliphatic carbocycles. The van der Waals surface area contributed by atoms with Gasteiger partial charge in [-0.1, -0.05) is 43.3 Å². The zero-order valence-electron chi connectivity index (χ0n) is 21.2. The average molecular weight is 542 g/mol. The molecule has 0 radical (unpaired) electrons. The minimum absolute atomic E-state index is 0.0159. The van der Waals surface area contributed by atoms with Crippen LogP contribution in [0.1, 0.15) is 42.4 Å². The van der Waals surface area contributed by atoms with Crippen molar-refractivity contribution < 1.29 is 14.1 Å². The molecule has 0 bridgehead atoms. The lowest BCUT2D eigenvalue weighted by molar-refractivity contribution is -0.384. The third kappa shape index (κ3) is 5.65. The van der Waals surface area contributed by atoms with Crippen molar-refractivity contribution >= 4 is 34.6 Å². The number of nitro benzene ring substituents is 1. The second-order valence-electron chi connectivity index (χ2n) is 9.14. The Morgan fingerprint density at radius 2 is 1.95 bits per heavy atom. The number of carbonyl (C=O) groups excluding carboxylic acids is 1. The first-order chi connectivity index (χ1) is 18.9. The van der Waals surface area contributed by atoms with E-state index in [9.17, 15) is 14.9 Å². The van der Waals surface area contributed by atoms with E-state index in [4.69, 9.17) is 16.6 Å². The third-order valence-electron chi connectivity index (χ3n) is 6.71. The first-order valence-corrected chi connectivity index (χ1v) is 13.1. The largest absolute Gasteiger partial charge is 0.459 e. The predicted molar refractivity (Wildman–Crippen MR) is 152 cm³/mol. The van der Waals surface area contributed by atoms with Crippen LogP contribution >= 0.6 is 12.2 Å². The summed E-state index contributed by atoms with van der Waals surface area (Å²) in [4.78, 5) is 30.2. The molecule has 10 heteroatoms. The maximum absolute atomic E-state index is 12.9. The Hall–Kier alpha value is -4.57. The number of aromatic nitrogens is 1. The van der Waals surface area contributed by atoms with E-state index < -0.39 is 4.92 Å². The molecule has 0 saturated carbocycles. The molecule has 1 fully saturated rings. The lowest BCUT2D eigenvalue weighted by Gasteiger charge is -2.26. The number of anilines is 1. The quantitative estimate of drug-likeness (QED) is 0.155. The molecule has 39 heavy (non-hydrogen) atoms. The zero-order chi connectivity index (χ0) is 27.4. The van der Waals surface area contributed by atoms with Crippen LogP contribution in [0.2, 0.25) is 0 Å². The highest BCUT2D eigenvalue weighted by Gasteiger charge is 2.41. The molecule has 1 aliphatic rings. The number of nitrogens with zero attached hydrogens (tertiary/aromatic N) is 3. The number of amides is 1. The standard InChI is InChI=1S/C29H27N5O4S/c1-2-19-8-3-4-11-22(19)31-26(35)15-17-33-28(27(32-29(33)39)23-12-5-6-16-30-23)25-14-13-24(38-25)20-9-7-10-21(18-20)34(36)37/h3-14,16,18,27-28H,2,15,17H2,1H3,(H,31,35)(H,32,39). The third-order valence-corrected chi connectivity index (χ3v) is 7.06. The van der Waals surface area contributed by atoms with E-state index in [0.717, 1.165) is 23.4 Å². The summed E-state index contributed by atoms with van der Waals surface area (Å²) in [6.45, 7) is 2.40. The van der Waals surface area contributed by atoms with Gasteiger partial charge in [-0.3, -0.25) is 19.9 Å². The number of carbonyl (C=O) groups is 1. The van der Waals surface area contributed by atoms with Crippen LogP contribution in [0.4, 0.5) is 11.4 Å². The Kier molecular flexibility index (Phi) is 7.64. The highest BCUT2D eigenvalue weighted by Crippen LogP contribution is 2.40. The summed E-state index contributed by atoms with van der Waals surface area (Å²) >= 11 is 5.70. The summed E-state index contributed by atoms with van der Waals surface area (Å²) in [5.41, 5.74) is 3.24. The second-order valence-corrected chi connectivity index (χ2v) is 9.53. The molecule has 3 heterocycles. The van der Waals surface area contributed by atoms with E-state index in [2.05, 4.69) is 15.6 Å². The lowest BCUT2D eigenvalue weighted by atomic mass is 10.0. The first-order valence-electron chi connectivity index (χ1n) is 12.6. The first kappa shape index (κ1) is 26.1. The van der Waals surface area contributed by atoms with Gasteiger partial charge in [0.2, 0.25) is 5.91 Å². The van der Waals surface area contributed by atoms with Crippen molar-refractivity contribution in [3.8, 4) is 11.3 Å². The van der Waals surface area contributed by atoms with Crippen molar-refractivity contribution in [2.45, 2.75) is 31.8 Å². The molecule has 2 aromatic carbocycles. The number of non-ortho nitro benzene ring substituents is 1. The van der Waals surface area contributed by atoms with Crippen LogP contribution < -0.4 is 10.6 Å². The van der Waals surface area contributed by atoms with Crippen LogP contribution in [0.3, 0.4) is 0 Å². The van der Waals surface area contributed by atoms with Gasteiger partial charge < -0.3 is 20.0 Å². The van der Waals surface area contributed by atoms with Crippen LogP contribution in [0.5, 0.6) is 0 Å². The van der Waals surface area contributed by atoms with Gasteiger partial charge in [0, 0.05) is 42.5 Å². The number of nitro groups is 1. The second kappa shape index (κ2) is 11.4. The summed E-state index contributed by atoms with van der Waals surface area (Å²) in [6, 6.07) is 22.7. The predicted octanol–water partition coefficient (Wildman–Crippen LogP) is 5.81. The van der Waals surface area contributed by atoms with Crippen LogP contribution in [0.15, 0.2) is 89.5 Å². The maximum Gasteiger partial charge on any atom is 0.270 e. The summed E-state index contributed by atoms with van der Waals surface area (Å²) < 4.78 is 6.26. The molecule has 1 aliphatic heterocycles. The molecule has 5 rings (SSSR count). The van der Waals surface area contributed by atoms with Crippen molar-refractivity contribution in [1.82, 2.24) is 15.2 Å². The van der Waals surface area contributed by atoms with Gasteiger partial charge in [0.15, 0.2) is 5.11 Å². The van der Waals surface area contributed by atoms with Gasteiger partial charge in [0.05, 0.1) is 16.7 Å². The lowest BCUT2D eigenvalue weighted by Crippen LogP contribution is -2.32. The van der Waals surface area contributed by atoms with Crippen molar-refractivity contribution in [2.75, 3.05) is 11.9 Å². The Bertz CT molecular complexity index is 1510. The molecule has 2 aromatic heterocycles. The monoisotopic (exact) mass is 541 g/mol. The average Bonchev–Trinajstić information content (AvgIpc) is 3.57. The summed E-state index contributed by atoms with van der Waals surface area (Å²) in [6.07, 6.45) is 2.74. The number of nitrogens with one attached hydrogen (secondary N) is 2. The number of hydrogen-bond donors (Lipinski definition) is 2. The fourth-order valence-corrected chi connectivity index (χ4v) is 5.11. The Balaban J connectivity index is 1.41. The highest BCUT2D eigenvalue weighted by atomic mass is 32.1. The highest BCUT2D eigenvalue weighted by molar-refractivity contribution is 7.80. The number of thiocarbonyl (C=S) groups is 1. The SMILES string of the molecule is CCc1ccccc1NC(=O)CCN1C(=S)NC(c2ccccn2)C1c1ccc(-c2cccc([N+](=O)[O-])c2)o1. The number of benzene rings is 2. The normalized spacial score (nSPS) is 16.6. The fraction of sp³-hybridized carbons (Fsp3) is 0.207. The molecule has 2 atom stereocenters. The van der Waals surface area contributed by atoms with E-state index in [1.165, 1.54) is 12.1 Å². The van der Waals surface area contributed by atoms with E-state index in [1.54, 1.807) is 24.4 Å². The molecular formula is C29H27N5O4S. The van der Waals surface area contributed by atoms with E-state index in [1.807, 2.05) is 60.4 Å². The van der Waals surface area contributed by atoms with E-state index in [-0.39, 0.29) is 30.1 Å². The number of pyridine rings is 1. The molecule has 4 aromatic rings. The summed E-state index contributed by atoms with van der Waals surface area (Å²) in [5.74, 6) is 0.992. The van der Waals surface area contributed by atoms with E-state index >= 15 is 0 Å². The topological polar surface area (TPSA) is 114 Å². The molecule has 2 unspecified atom stereocenters. The van der Waals surface area contributed by atoms with Crippen molar-refractivity contribution in [3.63, 3.8) is 0 Å². The van der Waals surface area contributed by atoms with Crippen LogP contribution in [0.25, 0.3) is 11.3 Å². The van der Waals surface area contributed by atoms with Crippen molar-refractivity contribution in [2.24, 2.45) is 0 Å². The number of furan rings is 1. The van der Waals surface area contributed by atoms with Gasteiger partial charge in [0.1, 0.15) is 17.6 Å². The Labute approximate surface area is 231 Å². The fourth-order valence-electron chi connectivity index (χ4n) is 4.78. The number of hydrogen-bond acceptors (Lipinski definition) is 6. The maximum atomic E-state index is 12.9.